The molecular formula is C20H18FNO3. The van der Waals surface area contributed by atoms with Crippen LogP contribution in [-0.2, 0) is 9.53 Å². The number of carbonyl (C=O) groups is 1. The second-order valence-corrected chi connectivity index (χ2v) is 5.59. The number of hydrogen-bond donors (Lipinski definition) is 0. The molecule has 1 aliphatic rings. The zero-order valence-electron chi connectivity index (χ0n) is 13.9. The maximum absolute atomic E-state index is 13.8. The van der Waals surface area contributed by atoms with Crippen LogP contribution in [-0.4, -0.2) is 18.5 Å². The Kier molecular flexibility index (Phi) is 5.23. The zero-order valence-corrected chi connectivity index (χ0v) is 13.9. The van der Waals surface area contributed by atoms with Crippen molar-refractivity contribution in [3.63, 3.8) is 0 Å². The third kappa shape index (κ3) is 4.12. The number of rotatable bonds is 6. The Balaban J connectivity index is 1.77. The van der Waals surface area contributed by atoms with Crippen molar-refractivity contribution >= 4 is 17.9 Å². The first-order valence-electron chi connectivity index (χ1n) is 8.17. The average molecular weight is 339 g/mol. The molecule has 0 aromatic heterocycles. The number of carbonyl (C=O) groups excluding carboxylic acids is 1. The van der Waals surface area contributed by atoms with Gasteiger partial charge in [-0.3, -0.25) is 0 Å². The van der Waals surface area contributed by atoms with Crippen molar-refractivity contribution in [3.8, 4) is 5.75 Å². The maximum Gasteiger partial charge on any atom is 0.363 e. The van der Waals surface area contributed by atoms with Crippen LogP contribution in [0.1, 0.15) is 30.9 Å². The van der Waals surface area contributed by atoms with E-state index in [4.69, 9.17) is 9.47 Å². The summed E-state index contributed by atoms with van der Waals surface area (Å²) >= 11 is 0. The SMILES string of the molecule is CCCCOc1ccc(/C=C2/N=C(c3ccccc3F)OC2=O)cc1. The van der Waals surface area contributed by atoms with E-state index >= 15 is 0 Å². The largest absolute Gasteiger partial charge is 0.494 e. The number of nitrogens with zero attached hydrogens (tertiary/aromatic N) is 1. The van der Waals surface area contributed by atoms with Crippen molar-refractivity contribution in [3.05, 3.63) is 71.2 Å². The first-order chi connectivity index (χ1) is 12.2. The van der Waals surface area contributed by atoms with E-state index in [9.17, 15) is 9.18 Å². The zero-order chi connectivity index (χ0) is 17.6. The van der Waals surface area contributed by atoms with Crippen LogP contribution < -0.4 is 4.74 Å². The summed E-state index contributed by atoms with van der Waals surface area (Å²) in [6, 6.07) is 13.4. The molecule has 128 valence electrons. The van der Waals surface area contributed by atoms with Crippen LogP contribution in [0.25, 0.3) is 6.08 Å². The highest BCUT2D eigenvalue weighted by molar-refractivity contribution is 6.12. The van der Waals surface area contributed by atoms with Gasteiger partial charge in [-0.1, -0.05) is 37.6 Å². The third-order valence-corrected chi connectivity index (χ3v) is 3.67. The lowest BCUT2D eigenvalue weighted by atomic mass is 10.2. The van der Waals surface area contributed by atoms with E-state index in [1.807, 2.05) is 24.3 Å². The van der Waals surface area contributed by atoms with E-state index in [2.05, 4.69) is 11.9 Å². The van der Waals surface area contributed by atoms with Gasteiger partial charge in [-0.05, 0) is 42.3 Å². The van der Waals surface area contributed by atoms with Crippen LogP contribution in [0, 0.1) is 5.82 Å². The summed E-state index contributed by atoms with van der Waals surface area (Å²) in [7, 11) is 0. The molecule has 0 unspecified atom stereocenters. The lowest BCUT2D eigenvalue weighted by Crippen LogP contribution is -2.07. The highest BCUT2D eigenvalue weighted by Gasteiger charge is 2.25. The van der Waals surface area contributed by atoms with E-state index in [0.29, 0.717) is 6.61 Å². The normalized spacial score (nSPS) is 15.2. The molecular weight excluding hydrogens is 321 g/mol. The van der Waals surface area contributed by atoms with Crippen LogP contribution in [0.15, 0.2) is 59.2 Å². The Morgan fingerprint density at radius 2 is 1.92 bits per heavy atom. The summed E-state index contributed by atoms with van der Waals surface area (Å²) in [6.07, 6.45) is 3.69. The predicted molar refractivity (Wildman–Crippen MR) is 93.9 cm³/mol. The summed E-state index contributed by atoms with van der Waals surface area (Å²) in [6.45, 7) is 2.79. The first-order valence-corrected chi connectivity index (χ1v) is 8.17. The van der Waals surface area contributed by atoms with Gasteiger partial charge in [0.25, 0.3) is 0 Å². The van der Waals surface area contributed by atoms with Gasteiger partial charge in [0.2, 0.25) is 5.90 Å². The van der Waals surface area contributed by atoms with E-state index in [1.165, 1.54) is 12.1 Å². The Hall–Kier alpha value is -2.95. The molecule has 1 aliphatic heterocycles. The molecule has 5 heteroatoms. The van der Waals surface area contributed by atoms with Crippen LogP contribution in [0.5, 0.6) is 5.75 Å². The summed E-state index contributed by atoms with van der Waals surface area (Å²) < 4.78 is 24.5. The molecule has 0 bridgehead atoms. The molecule has 0 atom stereocenters. The molecule has 2 aromatic carbocycles. The highest BCUT2D eigenvalue weighted by Crippen LogP contribution is 2.21. The number of halogens is 1. The van der Waals surface area contributed by atoms with Crippen molar-refractivity contribution in [2.75, 3.05) is 6.61 Å². The number of ether oxygens (including phenoxy) is 2. The van der Waals surface area contributed by atoms with Crippen molar-refractivity contribution in [1.29, 1.82) is 0 Å². The van der Waals surface area contributed by atoms with E-state index in [-0.39, 0.29) is 17.2 Å². The third-order valence-electron chi connectivity index (χ3n) is 3.67. The van der Waals surface area contributed by atoms with Gasteiger partial charge in [-0.2, -0.15) is 0 Å². The molecule has 1 heterocycles. The van der Waals surface area contributed by atoms with Crippen LogP contribution in [0.4, 0.5) is 4.39 Å². The van der Waals surface area contributed by atoms with E-state index in [1.54, 1.807) is 18.2 Å². The minimum Gasteiger partial charge on any atom is -0.494 e. The number of esters is 1. The smallest absolute Gasteiger partial charge is 0.363 e. The minimum absolute atomic E-state index is 0.0196. The first kappa shape index (κ1) is 16.9. The Bertz CT molecular complexity index is 825. The van der Waals surface area contributed by atoms with Gasteiger partial charge in [0.15, 0.2) is 5.70 Å². The molecule has 4 nitrogen and oxygen atoms in total. The Morgan fingerprint density at radius 1 is 1.16 bits per heavy atom. The number of unbranched alkanes of at least 4 members (excludes halogenated alkanes) is 1. The predicted octanol–water partition coefficient (Wildman–Crippen LogP) is 4.35. The number of cyclic esters (lactones) is 1. The fourth-order valence-electron chi connectivity index (χ4n) is 2.31. The topological polar surface area (TPSA) is 47.9 Å². The van der Waals surface area contributed by atoms with E-state index < -0.39 is 11.8 Å². The molecule has 0 radical (unpaired) electrons. The lowest BCUT2D eigenvalue weighted by molar-refractivity contribution is -0.129. The van der Waals surface area contributed by atoms with Crippen LogP contribution in [0.2, 0.25) is 0 Å². The fourth-order valence-corrected chi connectivity index (χ4v) is 2.31. The van der Waals surface area contributed by atoms with Crippen molar-refractivity contribution in [2.24, 2.45) is 4.99 Å². The molecule has 0 amide bonds. The van der Waals surface area contributed by atoms with Crippen molar-refractivity contribution in [1.82, 2.24) is 0 Å². The fraction of sp³-hybridized carbons (Fsp3) is 0.200. The lowest BCUT2D eigenvalue weighted by Gasteiger charge is -2.05. The Labute approximate surface area is 145 Å². The monoisotopic (exact) mass is 339 g/mol. The van der Waals surface area contributed by atoms with Gasteiger partial charge in [0.1, 0.15) is 11.6 Å². The van der Waals surface area contributed by atoms with Gasteiger partial charge in [-0.25, -0.2) is 14.2 Å². The maximum atomic E-state index is 13.8. The van der Waals surface area contributed by atoms with Gasteiger partial charge >= 0.3 is 5.97 Å². The van der Waals surface area contributed by atoms with E-state index in [0.717, 1.165) is 24.2 Å². The average Bonchev–Trinajstić information content (AvgIpc) is 2.97. The quantitative estimate of drug-likeness (QED) is 0.447. The molecule has 2 aromatic rings. The summed E-state index contributed by atoms with van der Waals surface area (Å²) in [5.41, 5.74) is 1.09. The van der Waals surface area contributed by atoms with Gasteiger partial charge in [0.05, 0.1) is 12.2 Å². The second-order valence-electron chi connectivity index (χ2n) is 5.59. The molecule has 25 heavy (non-hydrogen) atoms. The molecule has 0 saturated carbocycles. The molecule has 0 N–H and O–H groups in total. The Morgan fingerprint density at radius 3 is 2.64 bits per heavy atom. The number of benzene rings is 2. The van der Waals surface area contributed by atoms with Gasteiger partial charge in [-0.15, -0.1) is 0 Å². The van der Waals surface area contributed by atoms with Gasteiger partial charge in [0, 0.05) is 0 Å². The summed E-state index contributed by atoms with van der Waals surface area (Å²) in [4.78, 5) is 16.1. The summed E-state index contributed by atoms with van der Waals surface area (Å²) in [5.74, 6) is -0.320. The van der Waals surface area contributed by atoms with Gasteiger partial charge < -0.3 is 9.47 Å². The van der Waals surface area contributed by atoms with Crippen LogP contribution >= 0.6 is 0 Å². The molecule has 0 aliphatic carbocycles. The molecule has 0 spiro atoms. The van der Waals surface area contributed by atoms with Crippen molar-refractivity contribution in [2.45, 2.75) is 19.8 Å². The molecule has 0 saturated heterocycles. The minimum atomic E-state index is -0.596. The second kappa shape index (κ2) is 7.75. The highest BCUT2D eigenvalue weighted by atomic mass is 19.1. The number of hydrogen-bond acceptors (Lipinski definition) is 4. The van der Waals surface area contributed by atoms with Crippen molar-refractivity contribution < 1.29 is 18.7 Å². The van der Waals surface area contributed by atoms with Crippen LogP contribution in [0.3, 0.4) is 0 Å². The molecule has 3 rings (SSSR count). The summed E-state index contributed by atoms with van der Waals surface area (Å²) in [5, 5.41) is 0. The number of aliphatic imine (C=N–C) groups is 1. The standard InChI is InChI=1S/C20H18FNO3/c1-2-3-12-24-15-10-8-14(9-11-15)13-18-20(23)25-19(22-18)16-6-4-5-7-17(16)21/h4-11,13H,2-3,12H2,1H3/b18-13+. The molecule has 0 fully saturated rings.